The molecule has 0 spiro atoms. The summed E-state index contributed by atoms with van der Waals surface area (Å²) in [6, 6.07) is 7.35. The van der Waals surface area contributed by atoms with Crippen molar-refractivity contribution in [3.05, 3.63) is 34.9 Å². The van der Waals surface area contributed by atoms with E-state index in [9.17, 15) is 9.59 Å². The van der Waals surface area contributed by atoms with Gasteiger partial charge in [0.05, 0.1) is 11.8 Å². The summed E-state index contributed by atoms with van der Waals surface area (Å²) in [6.07, 6.45) is 1.94. The molecule has 20 heavy (non-hydrogen) atoms. The second-order valence-electron chi connectivity index (χ2n) is 5.96. The zero-order valence-corrected chi connectivity index (χ0v) is 11.9. The summed E-state index contributed by atoms with van der Waals surface area (Å²) in [5.74, 6) is 0.170. The molecule has 0 unspecified atom stereocenters. The summed E-state index contributed by atoms with van der Waals surface area (Å²) >= 11 is 6.08. The number of fused-ring (bicyclic) bond motifs is 2. The summed E-state index contributed by atoms with van der Waals surface area (Å²) in [7, 11) is 0. The highest BCUT2D eigenvalue weighted by molar-refractivity contribution is 6.31. The molecule has 106 valence electrons. The van der Waals surface area contributed by atoms with Crippen molar-refractivity contribution >= 4 is 23.4 Å². The minimum absolute atomic E-state index is 0.0214. The van der Waals surface area contributed by atoms with Gasteiger partial charge in [-0.2, -0.15) is 0 Å². The molecular weight excluding hydrogens is 276 g/mol. The van der Waals surface area contributed by atoms with Gasteiger partial charge in [0.15, 0.2) is 0 Å². The zero-order valence-electron chi connectivity index (χ0n) is 11.1. The molecule has 1 aromatic rings. The van der Waals surface area contributed by atoms with Gasteiger partial charge in [0, 0.05) is 18.1 Å². The van der Waals surface area contributed by atoms with Crippen molar-refractivity contribution in [3.63, 3.8) is 0 Å². The first-order chi connectivity index (χ1) is 9.50. The van der Waals surface area contributed by atoms with E-state index >= 15 is 0 Å². The fraction of sp³-hybridized carbons (Fsp3) is 0.467. The van der Waals surface area contributed by atoms with E-state index < -0.39 is 5.41 Å². The van der Waals surface area contributed by atoms with Crippen LogP contribution in [0.3, 0.4) is 0 Å². The minimum Gasteiger partial charge on any atom is -0.369 e. The fourth-order valence-electron chi connectivity index (χ4n) is 3.43. The van der Waals surface area contributed by atoms with Gasteiger partial charge in [0.1, 0.15) is 0 Å². The normalized spacial score (nSPS) is 27.9. The number of nitrogens with zero attached hydrogens (tertiary/aromatic N) is 1. The van der Waals surface area contributed by atoms with Crippen LogP contribution >= 0.6 is 11.6 Å². The van der Waals surface area contributed by atoms with Crippen LogP contribution < -0.4 is 5.73 Å². The number of amides is 2. The van der Waals surface area contributed by atoms with E-state index in [4.69, 9.17) is 17.3 Å². The van der Waals surface area contributed by atoms with Crippen LogP contribution in [0.4, 0.5) is 0 Å². The molecule has 3 fully saturated rings. The van der Waals surface area contributed by atoms with Gasteiger partial charge in [-0.05, 0) is 30.4 Å². The van der Waals surface area contributed by atoms with Crippen LogP contribution in [0.25, 0.3) is 0 Å². The highest BCUT2D eigenvalue weighted by atomic mass is 35.5. The Balaban J connectivity index is 1.70. The van der Waals surface area contributed by atoms with Gasteiger partial charge in [-0.1, -0.05) is 29.8 Å². The molecule has 2 heterocycles. The number of hydrogen-bond donors (Lipinski definition) is 1. The Morgan fingerprint density at radius 1 is 1.35 bits per heavy atom. The molecule has 3 aliphatic rings. The Bertz CT molecular complexity index is 567. The third-order valence-electron chi connectivity index (χ3n) is 4.51. The van der Waals surface area contributed by atoms with Crippen LogP contribution in [0, 0.1) is 11.3 Å². The second-order valence-corrected chi connectivity index (χ2v) is 6.37. The lowest BCUT2D eigenvalue weighted by Gasteiger charge is -2.54. The predicted molar refractivity (Wildman–Crippen MR) is 76.1 cm³/mol. The van der Waals surface area contributed by atoms with Crippen molar-refractivity contribution in [2.24, 2.45) is 17.1 Å². The van der Waals surface area contributed by atoms with E-state index in [0.717, 1.165) is 24.9 Å². The largest absolute Gasteiger partial charge is 0.369 e. The van der Waals surface area contributed by atoms with Gasteiger partial charge < -0.3 is 10.6 Å². The molecule has 2 aliphatic heterocycles. The topological polar surface area (TPSA) is 63.4 Å². The molecule has 2 bridgehead atoms. The maximum atomic E-state index is 12.4. The average molecular weight is 293 g/mol. The lowest BCUT2D eigenvalue weighted by Crippen LogP contribution is -2.62. The number of benzene rings is 1. The zero-order chi connectivity index (χ0) is 14.3. The van der Waals surface area contributed by atoms with E-state index in [2.05, 4.69) is 0 Å². The van der Waals surface area contributed by atoms with Gasteiger partial charge in [0.2, 0.25) is 11.8 Å². The summed E-state index contributed by atoms with van der Waals surface area (Å²) < 4.78 is 0. The molecule has 2 amide bonds. The Morgan fingerprint density at radius 2 is 2.05 bits per heavy atom. The van der Waals surface area contributed by atoms with Crippen molar-refractivity contribution in [3.8, 4) is 0 Å². The third-order valence-corrected chi connectivity index (χ3v) is 4.87. The first kappa shape index (κ1) is 13.4. The monoisotopic (exact) mass is 292 g/mol. The van der Waals surface area contributed by atoms with Crippen LogP contribution in [0.1, 0.15) is 18.4 Å². The van der Waals surface area contributed by atoms with Crippen molar-refractivity contribution in [2.75, 3.05) is 13.1 Å². The maximum absolute atomic E-state index is 12.4. The number of primary amides is 1. The highest BCUT2D eigenvalue weighted by Gasteiger charge is 2.54. The Morgan fingerprint density at radius 3 is 2.70 bits per heavy atom. The van der Waals surface area contributed by atoms with E-state index in [1.54, 1.807) is 11.0 Å². The average Bonchev–Trinajstić information content (AvgIpc) is 2.40. The van der Waals surface area contributed by atoms with Crippen molar-refractivity contribution in [2.45, 2.75) is 19.3 Å². The van der Waals surface area contributed by atoms with Gasteiger partial charge in [-0.3, -0.25) is 9.59 Å². The number of nitrogens with two attached hydrogens (primary N) is 1. The van der Waals surface area contributed by atoms with Crippen molar-refractivity contribution < 1.29 is 9.59 Å². The number of piperidine rings is 2. The van der Waals surface area contributed by atoms with Crippen LogP contribution in [-0.2, 0) is 16.0 Å². The predicted octanol–water partition coefficient (Wildman–Crippen LogP) is 1.61. The molecule has 4 nitrogen and oxygen atoms in total. The van der Waals surface area contributed by atoms with Crippen LogP contribution in [0.15, 0.2) is 24.3 Å². The first-order valence-electron chi connectivity index (χ1n) is 6.81. The summed E-state index contributed by atoms with van der Waals surface area (Å²) in [6.45, 7) is 1.19. The second kappa shape index (κ2) is 4.77. The highest BCUT2D eigenvalue weighted by Crippen LogP contribution is 2.50. The van der Waals surface area contributed by atoms with Crippen LogP contribution in [0.5, 0.6) is 0 Å². The van der Waals surface area contributed by atoms with Gasteiger partial charge in [-0.15, -0.1) is 0 Å². The molecule has 4 rings (SSSR count). The Hall–Kier alpha value is -1.55. The molecule has 0 aromatic heterocycles. The lowest BCUT2D eigenvalue weighted by molar-refractivity contribution is -0.155. The quantitative estimate of drug-likeness (QED) is 0.920. The van der Waals surface area contributed by atoms with E-state index in [0.29, 0.717) is 17.5 Å². The van der Waals surface area contributed by atoms with Crippen molar-refractivity contribution in [1.29, 1.82) is 0 Å². The van der Waals surface area contributed by atoms with Gasteiger partial charge in [-0.25, -0.2) is 0 Å². The number of halogens is 1. The lowest BCUT2D eigenvalue weighted by atomic mass is 9.58. The maximum Gasteiger partial charge on any atom is 0.227 e. The Kier molecular flexibility index (Phi) is 3.21. The molecule has 1 aliphatic carbocycles. The van der Waals surface area contributed by atoms with E-state index in [1.165, 1.54) is 0 Å². The van der Waals surface area contributed by atoms with Crippen molar-refractivity contribution in [1.82, 2.24) is 4.90 Å². The van der Waals surface area contributed by atoms with Crippen LogP contribution in [0.2, 0.25) is 5.02 Å². The fourth-order valence-corrected chi connectivity index (χ4v) is 3.63. The molecule has 5 heteroatoms. The standard InChI is InChI=1S/C15H17ClN2O2/c16-12-4-2-1-3-11(12)5-13(19)18-8-10-6-15(7-10,9-18)14(17)20/h1-4,10H,5-9H2,(H2,17,20). The Labute approximate surface area is 122 Å². The third kappa shape index (κ3) is 2.18. The SMILES string of the molecule is NC(=O)C12CC(CN(C(=O)Cc3ccccc3Cl)C1)C2. The molecule has 1 saturated carbocycles. The molecule has 2 saturated heterocycles. The number of carbonyl (C=O) groups is 2. The molecule has 0 atom stereocenters. The molecular formula is C15H17ClN2O2. The van der Waals surface area contributed by atoms with Gasteiger partial charge >= 0.3 is 0 Å². The number of carbonyl (C=O) groups excluding carboxylic acids is 2. The summed E-state index contributed by atoms with van der Waals surface area (Å²) in [4.78, 5) is 25.7. The minimum atomic E-state index is -0.473. The molecule has 2 N–H and O–H groups in total. The molecule has 0 radical (unpaired) electrons. The number of rotatable bonds is 3. The summed E-state index contributed by atoms with van der Waals surface area (Å²) in [5.41, 5.74) is 5.83. The smallest absolute Gasteiger partial charge is 0.227 e. The van der Waals surface area contributed by atoms with Gasteiger partial charge in [0.25, 0.3) is 0 Å². The van der Waals surface area contributed by atoms with E-state index in [1.807, 2.05) is 18.2 Å². The molecule has 1 aromatic carbocycles. The first-order valence-corrected chi connectivity index (χ1v) is 7.19. The van der Waals surface area contributed by atoms with E-state index in [-0.39, 0.29) is 18.2 Å². The number of hydrogen-bond acceptors (Lipinski definition) is 2. The summed E-state index contributed by atoms with van der Waals surface area (Å²) in [5, 5.41) is 0.604. The van der Waals surface area contributed by atoms with Crippen LogP contribution in [-0.4, -0.2) is 29.8 Å².